The quantitative estimate of drug-likeness (QED) is 0.826. The Morgan fingerprint density at radius 3 is 2.61 bits per heavy atom. The Hall–Kier alpha value is -1.96. The molecule has 0 fully saturated rings. The highest BCUT2D eigenvalue weighted by Gasteiger charge is 2.05. The van der Waals surface area contributed by atoms with E-state index < -0.39 is 0 Å². The maximum Gasteiger partial charge on any atom is 0.228 e. The average molecular weight is 270 g/mol. The van der Waals surface area contributed by atoms with Gasteiger partial charge in [-0.05, 0) is 18.5 Å². The molecule has 0 radical (unpaired) electrons. The summed E-state index contributed by atoms with van der Waals surface area (Å²) in [5, 5.41) is 9.62. The van der Waals surface area contributed by atoms with Crippen LogP contribution >= 0.6 is 11.6 Å². The summed E-state index contributed by atoms with van der Waals surface area (Å²) in [6.45, 7) is 2.33. The smallest absolute Gasteiger partial charge is 0.228 e. The van der Waals surface area contributed by atoms with E-state index in [1.807, 2.05) is 0 Å². The molecule has 0 saturated heterocycles. The number of rotatable bonds is 5. The van der Waals surface area contributed by atoms with E-state index in [-0.39, 0.29) is 5.28 Å². The van der Waals surface area contributed by atoms with Gasteiger partial charge in [-0.1, -0.05) is 5.16 Å². The molecule has 0 aliphatic heterocycles. The van der Waals surface area contributed by atoms with E-state index in [1.165, 1.54) is 0 Å². The van der Waals surface area contributed by atoms with E-state index in [0.717, 1.165) is 0 Å². The van der Waals surface area contributed by atoms with Crippen molar-refractivity contribution in [3.8, 4) is 0 Å². The van der Waals surface area contributed by atoms with Gasteiger partial charge in [0.1, 0.15) is 0 Å². The predicted octanol–water partition coefficient (Wildman–Crippen LogP) is 0.913. The average Bonchev–Trinajstić information content (AvgIpc) is 2.74. The van der Waals surface area contributed by atoms with Gasteiger partial charge in [-0.3, -0.25) is 0 Å². The number of nitrogens with zero attached hydrogens (tertiary/aromatic N) is 5. The van der Waals surface area contributed by atoms with Gasteiger partial charge in [-0.2, -0.15) is 19.9 Å². The van der Waals surface area contributed by atoms with E-state index in [2.05, 4.69) is 35.7 Å². The van der Waals surface area contributed by atoms with Crippen molar-refractivity contribution in [2.75, 3.05) is 24.2 Å². The Labute approximate surface area is 108 Å². The van der Waals surface area contributed by atoms with Crippen LogP contribution in [0.2, 0.25) is 5.28 Å². The predicted molar refractivity (Wildman–Crippen MR) is 65.6 cm³/mol. The zero-order chi connectivity index (χ0) is 13.0. The standard InChI is InChI=1S/C9H12ClN7O/c1-5-13-6(18-17-5)3-4-12-9-15-7(10)14-8(11-2)16-9/h3-4H2,1-2H3,(H2,11,12,14,15,16). The number of hydrogen-bond donors (Lipinski definition) is 2. The van der Waals surface area contributed by atoms with Gasteiger partial charge in [0.05, 0.1) is 0 Å². The van der Waals surface area contributed by atoms with Crippen molar-refractivity contribution in [2.45, 2.75) is 13.3 Å². The molecule has 0 aromatic carbocycles. The van der Waals surface area contributed by atoms with Gasteiger partial charge < -0.3 is 15.2 Å². The number of anilines is 2. The van der Waals surface area contributed by atoms with Crippen molar-refractivity contribution < 1.29 is 4.52 Å². The number of hydrogen-bond acceptors (Lipinski definition) is 8. The minimum Gasteiger partial charge on any atom is -0.357 e. The van der Waals surface area contributed by atoms with Crippen molar-refractivity contribution in [3.63, 3.8) is 0 Å². The maximum atomic E-state index is 5.74. The zero-order valence-electron chi connectivity index (χ0n) is 9.94. The second-order valence-electron chi connectivity index (χ2n) is 3.41. The number of halogens is 1. The lowest BCUT2D eigenvalue weighted by Crippen LogP contribution is -2.10. The summed E-state index contributed by atoms with van der Waals surface area (Å²) < 4.78 is 4.98. The van der Waals surface area contributed by atoms with E-state index in [9.17, 15) is 0 Å². The van der Waals surface area contributed by atoms with Crippen LogP contribution in [0.25, 0.3) is 0 Å². The van der Waals surface area contributed by atoms with E-state index in [0.29, 0.717) is 36.6 Å². The molecule has 0 bridgehead atoms. The molecule has 2 rings (SSSR count). The third-order valence-corrected chi connectivity index (χ3v) is 2.19. The van der Waals surface area contributed by atoms with Crippen LogP contribution in [0.1, 0.15) is 11.7 Å². The molecule has 0 atom stereocenters. The van der Waals surface area contributed by atoms with Crippen molar-refractivity contribution in [2.24, 2.45) is 0 Å². The number of aromatic nitrogens is 5. The normalized spacial score (nSPS) is 10.4. The van der Waals surface area contributed by atoms with Crippen molar-refractivity contribution in [1.29, 1.82) is 0 Å². The Morgan fingerprint density at radius 2 is 1.94 bits per heavy atom. The number of aryl methyl sites for hydroxylation is 1. The van der Waals surface area contributed by atoms with Crippen LogP contribution in [0.5, 0.6) is 0 Å². The lowest BCUT2D eigenvalue weighted by atomic mass is 10.4. The van der Waals surface area contributed by atoms with E-state index >= 15 is 0 Å². The van der Waals surface area contributed by atoms with Crippen LogP contribution < -0.4 is 10.6 Å². The Balaban J connectivity index is 1.91. The summed E-state index contributed by atoms with van der Waals surface area (Å²) in [6.07, 6.45) is 0.582. The molecule has 0 amide bonds. The van der Waals surface area contributed by atoms with Gasteiger partial charge in [0.2, 0.25) is 23.1 Å². The summed E-state index contributed by atoms with van der Waals surface area (Å²) in [5.41, 5.74) is 0. The molecule has 0 unspecified atom stereocenters. The van der Waals surface area contributed by atoms with Crippen LogP contribution in [0.15, 0.2) is 4.52 Å². The van der Waals surface area contributed by atoms with Crippen molar-refractivity contribution >= 4 is 23.5 Å². The SMILES string of the molecule is CNc1nc(Cl)nc(NCCc2nc(C)no2)n1. The molecule has 0 aliphatic carbocycles. The molecule has 2 N–H and O–H groups in total. The van der Waals surface area contributed by atoms with Crippen LogP contribution in [0.4, 0.5) is 11.9 Å². The van der Waals surface area contributed by atoms with E-state index in [1.54, 1.807) is 14.0 Å². The number of nitrogens with one attached hydrogen (secondary N) is 2. The summed E-state index contributed by atoms with van der Waals surface area (Å²) in [5.74, 6) is 1.99. The maximum absolute atomic E-state index is 5.74. The fourth-order valence-corrected chi connectivity index (χ4v) is 1.42. The molecular formula is C9H12ClN7O. The summed E-state index contributed by atoms with van der Waals surface area (Å²) in [4.78, 5) is 16.0. The fraction of sp³-hybridized carbons (Fsp3) is 0.444. The molecule has 96 valence electrons. The van der Waals surface area contributed by atoms with Crippen molar-refractivity contribution in [3.05, 3.63) is 17.0 Å². The fourth-order valence-electron chi connectivity index (χ4n) is 1.26. The van der Waals surface area contributed by atoms with Crippen LogP contribution in [0, 0.1) is 6.92 Å². The topological polar surface area (TPSA) is 102 Å². The molecule has 0 aliphatic rings. The van der Waals surface area contributed by atoms with Crippen molar-refractivity contribution in [1.82, 2.24) is 25.1 Å². The van der Waals surface area contributed by atoms with Crippen LogP contribution in [-0.2, 0) is 6.42 Å². The van der Waals surface area contributed by atoms with Crippen LogP contribution in [0.3, 0.4) is 0 Å². The van der Waals surface area contributed by atoms with Gasteiger partial charge >= 0.3 is 0 Å². The zero-order valence-corrected chi connectivity index (χ0v) is 10.7. The first kappa shape index (κ1) is 12.5. The summed E-state index contributed by atoms with van der Waals surface area (Å²) in [7, 11) is 1.71. The first-order chi connectivity index (χ1) is 8.67. The first-order valence-corrected chi connectivity index (χ1v) is 5.67. The molecule has 0 saturated carbocycles. The largest absolute Gasteiger partial charge is 0.357 e. The Bertz CT molecular complexity index is 529. The molecule has 8 nitrogen and oxygen atoms in total. The highest BCUT2D eigenvalue weighted by molar-refractivity contribution is 6.28. The highest BCUT2D eigenvalue weighted by atomic mass is 35.5. The lowest BCUT2D eigenvalue weighted by Gasteiger charge is -2.04. The first-order valence-electron chi connectivity index (χ1n) is 5.30. The Morgan fingerprint density at radius 1 is 1.17 bits per heavy atom. The van der Waals surface area contributed by atoms with Crippen LogP contribution in [-0.4, -0.2) is 38.7 Å². The third-order valence-electron chi connectivity index (χ3n) is 2.02. The minimum atomic E-state index is 0.130. The van der Waals surface area contributed by atoms with Gasteiger partial charge in [-0.15, -0.1) is 0 Å². The minimum absolute atomic E-state index is 0.130. The molecule has 2 heterocycles. The van der Waals surface area contributed by atoms with E-state index in [4.69, 9.17) is 16.1 Å². The summed E-state index contributed by atoms with van der Waals surface area (Å²) in [6, 6.07) is 0. The molecular weight excluding hydrogens is 258 g/mol. The van der Waals surface area contributed by atoms with Gasteiger partial charge in [-0.25, -0.2) is 0 Å². The van der Waals surface area contributed by atoms with Gasteiger partial charge in [0.15, 0.2) is 5.82 Å². The molecule has 9 heteroatoms. The van der Waals surface area contributed by atoms with Gasteiger partial charge in [0, 0.05) is 20.0 Å². The highest BCUT2D eigenvalue weighted by Crippen LogP contribution is 2.08. The summed E-state index contributed by atoms with van der Waals surface area (Å²) >= 11 is 5.74. The Kier molecular flexibility index (Phi) is 3.88. The van der Waals surface area contributed by atoms with Gasteiger partial charge in [0.25, 0.3) is 0 Å². The lowest BCUT2D eigenvalue weighted by molar-refractivity contribution is 0.377. The molecule has 18 heavy (non-hydrogen) atoms. The second-order valence-corrected chi connectivity index (χ2v) is 3.75. The molecule has 2 aromatic heterocycles. The monoisotopic (exact) mass is 269 g/mol. The molecule has 0 spiro atoms. The third kappa shape index (κ3) is 3.27. The second kappa shape index (κ2) is 5.58. The molecule has 2 aromatic rings.